The minimum atomic E-state index is -1.12. The van der Waals surface area contributed by atoms with Crippen LogP contribution in [0.25, 0.3) is 17.4 Å². The van der Waals surface area contributed by atoms with Gasteiger partial charge < -0.3 is 14.3 Å². The molecule has 2 N–H and O–H groups in total. The maximum atomic E-state index is 13.0. The number of hydrogen-bond donors (Lipinski definition) is 2. The fraction of sp³-hybridized carbons (Fsp3) is 0.0833. The molecule has 2 aromatic carbocycles. The van der Waals surface area contributed by atoms with Gasteiger partial charge in [-0.25, -0.2) is 14.5 Å². The predicted molar refractivity (Wildman–Crippen MR) is 118 cm³/mol. The van der Waals surface area contributed by atoms with E-state index in [0.717, 1.165) is 4.90 Å². The highest BCUT2D eigenvalue weighted by Gasteiger charge is 2.37. The highest BCUT2D eigenvalue weighted by molar-refractivity contribution is 6.39. The minimum absolute atomic E-state index is 0.0461. The maximum Gasteiger partial charge on any atom is 0.336 e. The van der Waals surface area contributed by atoms with Crippen molar-refractivity contribution in [2.45, 2.75) is 6.92 Å². The lowest BCUT2D eigenvalue weighted by atomic mass is 10.1. The number of barbiturate groups is 1. The number of aromatic carboxylic acids is 1. The van der Waals surface area contributed by atoms with Gasteiger partial charge in [0.1, 0.15) is 22.8 Å². The van der Waals surface area contributed by atoms with E-state index in [4.69, 9.17) is 9.15 Å². The number of benzene rings is 2. The second-order valence-corrected chi connectivity index (χ2v) is 6.94. The summed E-state index contributed by atoms with van der Waals surface area (Å²) in [5.41, 5.74) is 0.343. The molecule has 9 nitrogen and oxygen atoms in total. The van der Waals surface area contributed by atoms with E-state index in [1.807, 2.05) is 6.92 Å². The van der Waals surface area contributed by atoms with Crippen LogP contribution in [0.5, 0.6) is 5.75 Å². The first-order valence-electron chi connectivity index (χ1n) is 9.96. The van der Waals surface area contributed by atoms with Crippen LogP contribution in [-0.4, -0.2) is 35.5 Å². The molecule has 0 atom stereocenters. The Bertz CT molecular complexity index is 1290. The number of ether oxygens (including phenoxy) is 1. The van der Waals surface area contributed by atoms with E-state index in [2.05, 4.69) is 5.32 Å². The van der Waals surface area contributed by atoms with Gasteiger partial charge in [0, 0.05) is 5.56 Å². The van der Waals surface area contributed by atoms with E-state index in [9.17, 15) is 24.3 Å². The third kappa shape index (κ3) is 4.24. The average molecular weight is 446 g/mol. The summed E-state index contributed by atoms with van der Waals surface area (Å²) in [4.78, 5) is 50.0. The van der Waals surface area contributed by atoms with E-state index in [1.165, 1.54) is 36.4 Å². The number of imide groups is 2. The molecular formula is C24H18N2O7. The zero-order chi connectivity index (χ0) is 23.5. The number of nitrogens with zero attached hydrogens (tertiary/aromatic N) is 1. The molecule has 1 fully saturated rings. The first kappa shape index (κ1) is 21.6. The lowest BCUT2D eigenvalue weighted by molar-refractivity contribution is -0.122. The topological polar surface area (TPSA) is 126 Å². The summed E-state index contributed by atoms with van der Waals surface area (Å²) in [6.07, 6.45) is 1.21. The van der Waals surface area contributed by atoms with Gasteiger partial charge in [-0.3, -0.25) is 14.9 Å². The normalized spacial score (nSPS) is 15.0. The van der Waals surface area contributed by atoms with E-state index in [-0.39, 0.29) is 28.3 Å². The summed E-state index contributed by atoms with van der Waals surface area (Å²) in [5, 5.41) is 11.5. The molecule has 0 radical (unpaired) electrons. The van der Waals surface area contributed by atoms with Crippen molar-refractivity contribution in [2.75, 3.05) is 11.5 Å². The Labute approximate surface area is 187 Å². The SMILES string of the molecule is CCOc1ccc(N2C(=O)NC(=O)C(=Cc3ccc(-c4ccccc4C(=O)O)o3)C2=O)cc1. The van der Waals surface area contributed by atoms with Crippen molar-refractivity contribution >= 4 is 35.6 Å². The van der Waals surface area contributed by atoms with Crippen molar-refractivity contribution in [3.63, 3.8) is 0 Å². The Morgan fingerprint density at radius 2 is 1.79 bits per heavy atom. The van der Waals surface area contributed by atoms with E-state index < -0.39 is 23.8 Å². The first-order valence-corrected chi connectivity index (χ1v) is 9.96. The van der Waals surface area contributed by atoms with Crippen molar-refractivity contribution < 1.29 is 33.4 Å². The number of urea groups is 1. The second-order valence-electron chi connectivity index (χ2n) is 6.94. The Hall–Kier alpha value is -4.66. The Morgan fingerprint density at radius 3 is 2.48 bits per heavy atom. The molecule has 9 heteroatoms. The molecule has 2 heterocycles. The number of carbonyl (C=O) groups excluding carboxylic acids is 3. The lowest BCUT2D eigenvalue weighted by Crippen LogP contribution is -2.54. The molecule has 0 spiro atoms. The van der Waals surface area contributed by atoms with Gasteiger partial charge in [0.15, 0.2) is 0 Å². The summed E-state index contributed by atoms with van der Waals surface area (Å²) in [7, 11) is 0. The number of anilines is 1. The molecule has 0 bridgehead atoms. The van der Waals surface area contributed by atoms with Crippen molar-refractivity contribution in [1.29, 1.82) is 0 Å². The summed E-state index contributed by atoms with van der Waals surface area (Å²) in [6, 6.07) is 14.7. The fourth-order valence-corrected chi connectivity index (χ4v) is 3.35. The number of hydrogen-bond acceptors (Lipinski definition) is 6. The molecule has 1 saturated heterocycles. The molecule has 3 aromatic rings. The van der Waals surface area contributed by atoms with Gasteiger partial charge in [-0.1, -0.05) is 18.2 Å². The van der Waals surface area contributed by atoms with Crippen LogP contribution in [0.4, 0.5) is 10.5 Å². The molecule has 4 amide bonds. The number of amides is 4. The van der Waals surface area contributed by atoms with Crippen molar-refractivity contribution in [2.24, 2.45) is 0 Å². The van der Waals surface area contributed by atoms with Crippen LogP contribution in [0, 0.1) is 0 Å². The van der Waals surface area contributed by atoms with Crippen LogP contribution in [0.15, 0.2) is 70.7 Å². The van der Waals surface area contributed by atoms with Crippen molar-refractivity contribution in [1.82, 2.24) is 5.32 Å². The largest absolute Gasteiger partial charge is 0.494 e. The van der Waals surface area contributed by atoms with E-state index in [0.29, 0.717) is 17.9 Å². The zero-order valence-corrected chi connectivity index (χ0v) is 17.4. The summed E-state index contributed by atoms with van der Waals surface area (Å²) < 4.78 is 11.0. The average Bonchev–Trinajstić information content (AvgIpc) is 3.26. The fourth-order valence-electron chi connectivity index (χ4n) is 3.35. The van der Waals surface area contributed by atoms with Gasteiger partial charge in [-0.05, 0) is 55.5 Å². The van der Waals surface area contributed by atoms with Crippen molar-refractivity contribution in [3.05, 3.63) is 77.6 Å². The van der Waals surface area contributed by atoms with Gasteiger partial charge >= 0.3 is 12.0 Å². The zero-order valence-electron chi connectivity index (χ0n) is 17.4. The Kier molecular flexibility index (Phi) is 5.77. The molecule has 33 heavy (non-hydrogen) atoms. The highest BCUT2D eigenvalue weighted by atomic mass is 16.5. The molecule has 0 aliphatic carbocycles. The molecule has 4 rings (SSSR count). The van der Waals surface area contributed by atoms with Crippen LogP contribution in [-0.2, 0) is 9.59 Å². The quantitative estimate of drug-likeness (QED) is 0.437. The third-order valence-corrected chi connectivity index (χ3v) is 4.84. The van der Waals surface area contributed by atoms with Gasteiger partial charge in [-0.15, -0.1) is 0 Å². The Balaban J connectivity index is 1.65. The van der Waals surface area contributed by atoms with Gasteiger partial charge in [0.05, 0.1) is 17.9 Å². The van der Waals surface area contributed by atoms with Crippen LogP contribution >= 0.6 is 0 Å². The maximum absolute atomic E-state index is 13.0. The number of carbonyl (C=O) groups is 4. The van der Waals surface area contributed by atoms with Gasteiger partial charge in [0.25, 0.3) is 11.8 Å². The monoisotopic (exact) mass is 446 g/mol. The highest BCUT2D eigenvalue weighted by Crippen LogP contribution is 2.28. The minimum Gasteiger partial charge on any atom is -0.494 e. The number of carboxylic acid groups (broad SMARTS) is 1. The summed E-state index contributed by atoms with van der Waals surface area (Å²) >= 11 is 0. The molecule has 1 aromatic heterocycles. The van der Waals surface area contributed by atoms with Crippen LogP contribution in [0.1, 0.15) is 23.0 Å². The first-order chi connectivity index (χ1) is 15.9. The number of nitrogens with one attached hydrogen (secondary N) is 1. The van der Waals surface area contributed by atoms with Crippen molar-refractivity contribution in [3.8, 4) is 17.1 Å². The molecule has 0 saturated carbocycles. The number of rotatable bonds is 6. The summed E-state index contributed by atoms with van der Waals surface area (Å²) in [6.45, 7) is 2.30. The van der Waals surface area contributed by atoms with E-state index in [1.54, 1.807) is 30.3 Å². The number of furan rings is 1. The van der Waals surface area contributed by atoms with E-state index >= 15 is 0 Å². The standard InChI is InChI=1S/C24H18N2O7/c1-2-32-15-9-7-14(8-10-15)26-22(28)19(21(27)25-24(26)31)13-16-11-12-20(33-16)17-5-3-4-6-18(17)23(29)30/h3-13H,2H2,1H3,(H,29,30)(H,25,27,31). The number of carboxylic acids is 1. The second kappa shape index (κ2) is 8.83. The Morgan fingerprint density at radius 1 is 1.06 bits per heavy atom. The summed E-state index contributed by atoms with van der Waals surface area (Å²) in [5.74, 6) is -1.84. The van der Waals surface area contributed by atoms with Crippen LogP contribution in [0.2, 0.25) is 0 Å². The molecule has 1 aliphatic rings. The lowest BCUT2D eigenvalue weighted by Gasteiger charge is -2.26. The van der Waals surface area contributed by atoms with Gasteiger partial charge in [0.2, 0.25) is 0 Å². The van der Waals surface area contributed by atoms with Gasteiger partial charge in [-0.2, -0.15) is 0 Å². The molecule has 1 aliphatic heterocycles. The molecule has 0 unspecified atom stereocenters. The van der Waals surface area contributed by atoms with Crippen LogP contribution < -0.4 is 15.0 Å². The molecule has 166 valence electrons. The van der Waals surface area contributed by atoms with Crippen LogP contribution in [0.3, 0.4) is 0 Å². The molecular weight excluding hydrogens is 428 g/mol. The third-order valence-electron chi connectivity index (χ3n) is 4.84. The predicted octanol–water partition coefficient (Wildman–Crippen LogP) is 3.71. The smallest absolute Gasteiger partial charge is 0.336 e.